The number of aromatic nitrogens is 1. The van der Waals surface area contributed by atoms with E-state index in [1.54, 1.807) is 12.1 Å². The Bertz CT molecular complexity index is 1170. The van der Waals surface area contributed by atoms with E-state index in [4.69, 9.17) is 11.6 Å². The molecule has 4 rings (SSSR count). The molecule has 0 radical (unpaired) electrons. The maximum absolute atomic E-state index is 12.8. The minimum atomic E-state index is -4.46. The summed E-state index contributed by atoms with van der Waals surface area (Å²) >= 11 is 6.38. The summed E-state index contributed by atoms with van der Waals surface area (Å²) < 4.78 is 39.2. The van der Waals surface area contributed by atoms with Gasteiger partial charge in [0.2, 0.25) is 0 Å². The highest BCUT2D eigenvalue weighted by atomic mass is 35.5. The Labute approximate surface area is 195 Å². The van der Waals surface area contributed by atoms with Crippen LogP contribution in [-0.2, 0) is 12.1 Å². The van der Waals surface area contributed by atoms with Crippen molar-refractivity contribution in [2.24, 2.45) is 0 Å². The Kier molecular flexibility index (Phi) is 7.12. The van der Waals surface area contributed by atoms with Crippen LogP contribution in [0.1, 0.15) is 24.0 Å². The van der Waals surface area contributed by atoms with Crippen molar-refractivity contribution in [2.75, 3.05) is 18.4 Å². The Morgan fingerprint density at radius 1 is 1.22 bits per heavy atom. The summed E-state index contributed by atoms with van der Waals surface area (Å²) in [6.07, 6.45) is -1.47. The highest BCUT2D eigenvalue weighted by Gasteiger charge is 2.35. The summed E-state index contributed by atoms with van der Waals surface area (Å²) in [7, 11) is 0. The van der Waals surface area contributed by atoms with Crippen LogP contribution in [0.5, 0.6) is 0 Å². The van der Waals surface area contributed by atoms with Gasteiger partial charge in [0, 0.05) is 28.8 Å². The topological polar surface area (TPSA) is 46.1 Å². The molecule has 1 aliphatic rings. The number of nitrogens with zero attached hydrogens (tertiary/aromatic N) is 1. The molecule has 1 unspecified atom stereocenters. The Morgan fingerprint density at radius 3 is 2.69 bits per heavy atom. The lowest BCUT2D eigenvalue weighted by atomic mass is 9.80. The standard InChI is InChI=1S/C23H23ClF3N3O.ClH/c1-15-19(4-2-5-20(15)24)22(9-3-10-28-13-22)29-17-7-6-16-8-11-30(14-23(25,26)27)21(31)18(16)12-17;/h2,4-8,11-12,28-29H,3,9-10,13-14H2,1H3;1H. The second-order valence-electron chi connectivity index (χ2n) is 8.07. The third-order valence-corrected chi connectivity index (χ3v) is 6.29. The third-order valence-electron chi connectivity index (χ3n) is 5.88. The lowest BCUT2D eigenvalue weighted by molar-refractivity contribution is -0.141. The number of alkyl halides is 3. The molecule has 1 saturated heterocycles. The van der Waals surface area contributed by atoms with Gasteiger partial charge in [0.05, 0.1) is 5.54 Å². The van der Waals surface area contributed by atoms with Crippen molar-refractivity contribution >= 4 is 40.5 Å². The maximum Gasteiger partial charge on any atom is 0.406 e. The van der Waals surface area contributed by atoms with Crippen LogP contribution in [0, 0.1) is 6.92 Å². The Balaban J connectivity index is 0.00000289. The number of hydrogen-bond acceptors (Lipinski definition) is 3. The molecule has 1 fully saturated rings. The van der Waals surface area contributed by atoms with Crippen LogP contribution in [0.25, 0.3) is 10.8 Å². The monoisotopic (exact) mass is 485 g/mol. The first-order valence-electron chi connectivity index (χ1n) is 10.1. The molecule has 32 heavy (non-hydrogen) atoms. The number of hydrogen-bond donors (Lipinski definition) is 2. The summed E-state index contributed by atoms with van der Waals surface area (Å²) in [4.78, 5) is 12.7. The Hall–Kier alpha value is -2.22. The molecule has 2 aromatic carbocycles. The fourth-order valence-electron chi connectivity index (χ4n) is 4.39. The molecule has 2 N–H and O–H groups in total. The van der Waals surface area contributed by atoms with Gasteiger partial charge >= 0.3 is 6.18 Å². The van der Waals surface area contributed by atoms with E-state index in [-0.39, 0.29) is 17.8 Å². The number of halogens is 5. The van der Waals surface area contributed by atoms with E-state index in [9.17, 15) is 18.0 Å². The second-order valence-corrected chi connectivity index (χ2v) is 8.47. The molecule has 2 heterocycles. The van der Waals surface area contributed by atoms with Gasteiger partial charge in [-0.05, 0) is 67.1 Å². The van der Waals surface area contributed by atoms with E-state index in [1.165, 1.54) is 12.3 Å². The van der Waals surface area contributed by atoms with Crippen molar-refractivity contribution in [2.45, 2.75) is 38.0 Å². The first kappa shape index (κ1) is 24.4. The molecule has 0 amide bonds. The largest absolute Gasteiger partial charge is 0.406 e. The number of anilines is 1. The SMILES string of the molecule is Cc1c(Cl)cccc1C1(Nc2ccc3ccn(CC(F)(F)F)c(=O)c3c2)CCCNC1.Cl. The van der Waals surface area contributed by atoms with Crippen molar-refractivity contribution in [1.29, 1.82) is 0 Å². The summed E-state index contributed by atoms with van der Waals surface area (Å²) in [5.74, 6) is 0. The number of pyridine rings is 1. The molecule has 1 aliphatic heterocycles. The molecular weight excluding hydrogens is 462 g/mol. The van der Waals surface area contributed by atoms with Gasteiger partial charge < -0.3 is 15.2 Å². The van der Waals surface area contributed by atoms with Crippen molar-refractivity contribution in [1.82, 2.24) is 9.88 Å². The fourth-order valence-corrected chi connectivity index (χ4v) is 4.56. The Morgan fingerprint density at radius 2 is 2.00 bits per heavy atom. The smallest absolute Gasteiger partial charge is 0.374 e. The van der Waals surface area contributed by atoms with Gasteiger partial charge in [-0.2, -0.15) is 13.2 Å². The van der Waals surface area contributed by atoms with Crippen LogP contribution >= 0.6 is 24.0 Å². The lowest BCUT2D eigenvalue weighted by Crippen LogP contribution is -2.49. The molecule has 9 heteroatoms. The summed E-state index contributed by atoms with van der Waals surface area (Å²) in [5, 5.41) is 8.53. The van der Waals surface area contributed by atoms with Crippen LogP contribution in [-0.4, -0.2) is 23.8 Å². The molecule has 0 aliphatic carbocycles. The van der Waals surface area contributed by atoms with Crippen molar-refractivity contribution in [3.63, 3.8) is 0 Å². The molecule has 0 spiro atoms. The molecule has 3 aromatic rings. The predicted molar refractivity (Wildman–Crippen MR) is 125 cm³/mol. The average molecular weight is 486 g/mol. The van der Waals surface area contributed by atoms with E-state index < -0.39 is 23.8 Å². The van der Waals surface area contributed by atoms with E-state index in [2.05, 4.69) is 10.6 Å². The molecule has 1 aromatic heterocycles. The zero-order valence-electron chi connectivity index (χ0n) is 17.4. The number of nitrogens with one attached hydrogen (secondary N) is 2. The summed E-state index contributed by atoms with van der Waals surface area (Å²) in [5.41, 5.74) is 1.62. The van der Waals surface area contributed by atoms with Crippen molar-refractivity contribution < 1.29 is 13.2 Å². The van der Waals surface area contributed by atoms with Gasteiger partial charge in [-0.3, -0.25) is 4.79 Å². The van der Waals surface area contributed by atoms with Crippen LogP contribution < -0.4 is 16.2 Å². The highest BCUT2D eigenvalue weighted by Crippen LogP contribution is 2.37. The third kappa shape index (κ3) is 4.90. The minimum absolute atomic E-state index is 0. The zero-order valence-corrected chi connectivity index (χ0v) is 19.0. The van der Waals surface area contributed by atoms with E-state index >= 15 is 0 Å². The summed E-state index contributed by atoms with van der Waals surface area (Å²) in [6, 6.07) is 12.6. The van der Waals surface area contributed by atoms with E-state index in [1.807, 2.05) is 31.2 Å². The molecule has 172 valence electrons. The predicted octanol–water partition coefficient (Wildman–Crippen LogP) is 5.64. The number of rotatable bonds is 4. The summed E-state index contributed by atoms with van der Waals surface area (Å²) in [6.45, 7) is 2.24. The molecule has 4 nitrogen and oxygen atoms in total. The number of benzene rings is 2. The molecule has 1 atom stereocenters. The first-order chi connectivity index (χ1) is 14.7. The molecular formula is C23H24Cl2F3N3O. The lowest BCUT2D eigenvalue weighted by Gasteiger charge is -2.41. The second kappa shape index (κ2) is 9.33. The normalized spacial score (nSPS) is 18.9. The van der Waals surface area contributed by atoms with Crippen LogP contribution in [0.15, 0.2) is 53.5 Å². The first-order valence-corrected chi connectivity index (χ1v) is 10.5. The molecule has 0 saturated carbocycles. The quantitative estimate of drug-likeness (QED) is 0.502. The fraction of sp³-hybridized carbons (Fsp3) is 0.348. The van der Waals surface area contributed by atoms with E-state index in [0.717, 1.165) is 30.5 Å². The maximum atomic E-state index is 12.8. The van der Waals surface area contributed by atoms with Crippen molar-refractivity contribution in [3.05, 3.63) is 75.2 Å². The molecule has 0 bridgehead atoms. The van der Waals surface area contributed by atoms with Crippen LogP contribution in [0.4, 0.5) is 18.9 Å². The van der Waals surface area contributed by atoms with Crippen LogP contribution in [0.2, 0.25) is 5.02 Å². The van der Waals surface area contributed by atoms with E-state index in [0.29, 0.717) is 27.2 Å². The van der Waals surface area contributed by atoms with Crippen molar-refractivity contribution in [3.8, 4) is 0 Å². The van der Waals surface area contributed by atoms with Gasteiger partial charge in [0.1, 0.15) is 6.54 Å². The van der Waals surface area contributed by atoms with Gasteiger partial charge in [-0.1, -0.05) is 29.8 Å². The minimum Gasteiger partial charge on any atom is -0.374 e. The highest BCUT2D eigenvalue weighted by molar-refractivity contribution is 6.31. The number of piperidine rings is 1. The average Bonchev–Trinajstić information content (AvgIpc) is 2.72. The van der Waals surface area contributed by atoms with Gasteiger partial charge in [-0.25, -0.2) is 0 Å². The zero-order chi connectivity index (χ0) is 22.2. The van der Waals surface area contributed by atoms with Gasteiger partial charge in [-0.15, -0.1) is 12.4 Å². The van der Waals surface area contributed by atoms with Gasteiger partial charge in [0.15, 0.2) is 0 Å². The van der Waals surface area contributed by atoms with Crippen LogP contribution in [0.3, 0.4) is 0 Å². The van der Waals surface area contributed by atoms with Gasteiger partial charge in [0.25, 0.3) is 5.56 Å². The number of fused-ring (bicyclic) bond motifs is 1.